The van der Waals surface area contributed by atoms with Crippen molar-refractivity contribution in [2.24, 2.45) is 0 Å². The molecule has 2 amide bonds. The molecule has 2 aromatic rings. The number of aryl methyl sites for hydroxylation is 2. The average Bonchev–Trinajstić information content (AvgIpc) is 2.73. The number of carboxylic acid groups (broad SMARTS) is 1. The van der Waals surface area contributed by atoms with Gasteiger partial charge in [0.25, 0.3) is 5.91 Å². The van der Waals surface area contributed by atoms with Gasteiger partial charge in [-0.15, -0.1) is 0 Å². The van der Waals surface area contributed by atoms with E-state index < -0.39 is 17.9 Å². The third-order valence-corrected chi connectivity index (χ3v) is 5.88. The van der Waals surface area contributed by atoms with Crippen LogP contribution in [0.4, 0.5) is 5.69 Å². The van der Waals surface area contributed by atoms with Gasteiger partial charge in [0.2, 0.25) is 5.91 Å². The number of anilines is 1. The van der Waals surface area contributed by atoms with Gasteiger partial charge in [-0.05, 0) is 72.9 Å². The molecule has 2 aliphatic rings. The van der Waals surface area contributed by atoms with Crippen molar-refractivity contribution >= 4 is 23.5 Å². The van der Waals surface area contributed by atoms with Gasteiger partial charge < -0.3 is 15.7 Å². The second-order valence-electron chi connectivity index (χ2n) is 7.81. The van der Waals surface area contributed by atoms with E-state index in [1.807, 2.05) is 12.1 Å². The Bertz CT molecular complexity index is 969. The highest BCUT2D eigenvalue weighted by Gasteiger charge is 2.28. The highest BCUT2D eigenvalue weighted by atomic mass is 16.4. The predicted molar refractivity (Wildman–Crippen MR) is 109 cm³/mol. The van der Waals surface area contributed by atoms with Crippen LogP contribution in [0.2, 0.25) is 0 Å². The van der Waals surface area contributed by atoms with Crippen molar-refractivity contribution in [2.75, 3.05) is 5.32 Å². The number of rotatable bonds is 5. The summed E-state index contributed by atoms with van der Waals surface area (Å²) in [5, 5.41) is 15.2. The van der Waals surface area contributed by atoms with Gasteiger partial charge in [0.1, 0.15) is 6.04 Å². The zero-order valence-corrected chi connectivity index (χ0v) is 16.1. The Hall–Kier alpha value is -3.15. The largest absolute Gasteiger partial charge is 0.480 e. The lowest BCUT2D eigenvalue weighted by molar-refractivity contribution is -0.139. The molecule has 0 spiro atoms. The summed E-state index contributed by atoms with van der Waals surface area (Å²) in [4.78, 5) is 36.1. The Morgan fingerprint density at radius 2 is 1.93 bits per heavy atom. The molecule has 0 saturated heterocycles. The van der Waals surface area contributed by atoms with Gasteiger partial charge in [-0.1, -0.05) is 24.3 Å². The van der Waals surface area contributed by atoms with Crippen molar-refractivity contribution < 1.29 is 19.5 Å². The first-order valence-electron chi connectivity index (χ1n) is 10.1. The van der Waals surface area contributed by atoms with E-state index in [-0.39, 0.29) is 11.8 Å². The van der Waals surface area contributed by atoms with Crippen LogP contribution in [-0.2, 0) is 22.4 Å². The van der Waals surface area contributed by atoms with E-state index in [4.69, 9.17) is 0 Å². The van der Waals surface area contributed by atoms with Crippen LogP contribution < -0.4 is 10.6 Å². The van der Waals surface area contributed by atoms with E-state index in [0.29, 0.717) is 30.5 Å². The number of carbonyl (C=O) groups is 3. The van der Waals surface area contributed by atoms with Crippen LogP contribution in [0.3, 0.4) is 0 Å². The molecular weight excluding hydrogens is 368 g/mol. The number of fused-ring (bicyclic) bond motifs is 2. The van der Waals surface area contributed by atoms with Crippen LogP contribution in [0, 0.1) is 0 Å². The van der Waals surface area contributed by atoms with Gasteiger partial charge in [0.05, 0.1) is 0 Å². The van der Waals surface area contributed by atoms with Crippen molar-refractivity contribution in [3.8, 4) is 0 Å². The fraction of sp³-hybridized carbons (Fsp3) is 0.348. The Kier molecular flexibility index (Phi) is 5.34. The summed E-state index contributed by atoms with van der Waals surface area (Å²) in [6.07, 6.45) is 4.30. The molecule has 6 heteroatoms. The molecule has 6 nitrogen and oxygen atoms in total. The van der Waals surface area contributed by atoms with Crippen LogP contribution in [0.5, 0.6) is 0 Å². The quantitative estimate of drug-likeness (QED) is 0.728. The summed E-state index contributed by atoms with van der Waals surface area (Å²) in [5.41, 5.74) is 4.49. The first kappa shape index (κ1) is 19.2. The van der Waals surface area contributed by atoms with Crippen molar-refractivity contribution in [3.05, 3.63) is 64.7 Å². The summed E-state index contributed by atoms with van der Waals surface area (Å²) < 4.78 is 0. The van der Waals surface area contributed by atoms with Crippen LogP contribution in [0.15, 0.2) is 42.5 Å². The summed E-state index contributed by atoms with van der Waals surface area (Å²) in [5.74, 6) is -1.33. The number of benzene rings is 2. The molecule has 2 aromatic carbocycles. The van der Waals surface area contributed by atoms with Crippen LogP contribution in [0.25, 0.3) is 0 Å². The van der Waals surface area contributed by atoms with E-state index in [9.17, 15) is 19.5 Å². The van der Waals surface area contributed by atoms with E-state index >= 15 is 0 Å². The van der Waals surface area contributed by atoms with Gasteiger partial charge in [0.15, 0.2) is 0 Å². The van der Waals surface area contributed by atoms with Gasteiger partial charge in [-0.2, -0.15) is 0 Å². The Morgan fingerprint density at radius 3 is 2.76 bits per heavy atom. The molecule has 3 N–H and O–H groups in total. The fourth-order valence-corrected chi connectivity index (χ4v) is 4.37. The Labute approximate surface area is 169 Å². The Morgan fingerprint density at radius 1 is 1.10 bits per heavy atom. The number of hydrogen-bond acceptors (Lipinski definition) is 3. The van der Waals surface area contributed by atoms with Gasteiger partial charge in [-0.3, -0.25) is 9.59 Å². The molecule has 1 aliphatic heterocycles. The zero-order chi connectivity index (χ0) is 20.4. The molecule has 0 radical (unpaired) electrons. The van der Waals surface area contributed by atoms with Crippen molar-refractivity contribution in [2.45, 2.75) is 50.5 Å². The first-order valence-corrected chi connectivity index (χ1v) is 10.1. The minimum absolute atomic E-state index is 0.0339. The van der Waals surface area contributed by atoms with Crippen LogP contribution in [-0.4, -0.2) is 28.9 Å². The number of carboxylic acids is 1. The maximum absolute atomic E-state index is 12.7. The molecule has 2 atom stereocenters. The average molecular weight is 392 g/mol. The minimum Gasteiger partial charge on any atom is -0.480 e. The molecular formula is C23H24N2O4. The molecule has 0 fully saturated rings. The molecule has 29 heavy (non-hydrogen) atoms. The number of hydrogen-bond donors (Lipinski definition) is 3. The lowest BCUT2D eigenvalue weighted by Gasteiger charge is -2.28. The second kappa shape index (κ2) is 8.07. The van der Waals surface area contributed by atoms with E-state index in [0.717, 1.165) is 24.8 Å². The maximum atomic E-state index is 12.7. The van der Waals surface area contributed by atoms with Crippen molar-refractivity contribution in [3.63, 3.8) is 0 Å². The Balaban J connectivity index is 1.49. The van der Waals surface area contributed by atoms with E-state index in [1.54, 1.807) is 18.2 Å². The fourth-order valence-electron chi connectivity index (χ4n) is 4.37. The number of amides is 2. The minimum atomic E-state index is -1.02. The zero-order valence-electron chi connectivity index (χ0n) is 16.1. The summed E-state index contributed by atoms with van der Waals surface area (Å²) in [6.45, 7) is 0. The third-order valence-electron chi connectivity index (χ3n) is 5.88. The normalized spacial score (nSPS) is 18.8. The smallest absolute Gasteiger partial charge is 0.326 e. The number of aliphatic carboxylic acids is 1. The first-order chi connectivity index (χ1) is 14.0. The molecule has 1 heterocycles. The molecule has 1 aliphatic carbocycles. The molecule has 0 saturated carbocycles. The SMILES string of the molecule is O=C1CCc2cc(C(=O)NC(CC3CCCc4ccccc43)C(=O)O)ccc2N1. The van der Waals surface area contributed by atoms with Gasteiger partial charge in [-0.25, -0.2) is 4.79 Å². The van der Waals surface area contributed by atoms with Gasteiger partial charge >= 0.3 is 5.97 Å². The van der Waals surface area contributed by atoms with Crippen LogP contribution in [0.1, 0.15) is 58.6 Å². The highest BCUT2D eigenvalue weighted by molar-refractivity contribution is 5.99. The lowest BCUT2D eigenvalue weighted by Crippen LogP contribution is -2.42. The highest BCUT2D eigenvalue weighted by Crippen LogP contribution is 2.34. The molecule has 4 rings (SSSR count). The van der Waals surface area contributed by atoms with E-state index in [2.05, 4.69) is 22.8 Å². The van der Waals surface area contributed by atoms with E-state index in [1.165, 1.54) is 11.1 Å². The lowest BCUT2D eigenvalue weighted by atomic mass is 9.79. The van der Waals surface area contributed by atoms with Gasteiger partial charge in [0, 0.05) is 17.7 Å². The summed E-state index contributed by atoms with van der Waals surface area (Å²) in [6, 6.07) is 12.3. The topological polar surface area (TPSA) is 95.5 Å². The van der Waals surface area contributed by atoms with Crippen LogP contribution >= 0.6 is 0 Å². The molecule has 0 bridgehead atoms. The standard InChI is InChI=1S/C23H24N2O4/c26-21-11-9-16-12-17(8-10-19(16)24-21)22(27)25-20(23(28)29)13-15-6-3-5-14-4-1-2-7-18(14)15/h1-2,4,7-8,10,12,15,20H,3,5-6,9,11,13H2,(H,24,26)(H,25,27)(H,28,29). The summed E-state index contributed by atoms with van der Waals surface area (Å²) >= 11 is 0. The maximum Gasteiger partial charge on any atom is 0.326 e. The van der Waals surface area contributed by atoms with Crippen molar-refractivity contribution in [1.82, 2.24) is 5.32 Å². The monoisotopic (exact) mass is 392 g/mol. The molecule has 2 unspecified atom stereocenters. The second-order valence-corrected chi connectivity index (χ2v) is 7.81. The molecule has 0 aromatic heterocycles. The number of nitrogens with one attached hydrogen (secondary N) is 2. The third kappa shape index (κ3) is 4.16. The molecule has 150 valence electrons. The number of carbonyl (C=O) groups excluding carboxylic acids is 2. The van der Waals surface area contributed by atoms with Crippen molar-refractivity contribution in [1.29, 1.82) is 0 Å². The summed E-state index contributed by atoms with van der Waals surface area (Å²) in [7, 11) is 0. The predicted octanol–water partition coefficient (Wildman–Crippen LogP) is 3.26.